The van der Waals surface area contributed by atoms with Gasteiger partial charge in [-0.1, -0.05) is 11.6 Å². The van der Waals surface area contributed by atoms with Crippen LogP contribution in [0, 0.1) is 0 Å². The van der Waals surface area contributed by atoms with E-state index in [9.17, 15) is 4.79 Å². The highest BCUT2D eigenvalue weighted by molar-refractivity contribution is 6.30. The summed E-state index contributed by atoms with van der Waals surface area (Å²) < 4.78 is 16.1. The molecule has 25 heavy (non-hydrogen) atoms. The predicted molar refractivity (Wildman–Crippen MR) is 93.8 cm³/mol. The van der Waals surface area contributed by atoms with Crippen molar-refractivity contribution in [2.45, 2.75) is 6.10 Å². The summed E-state index contributed by atoms with van der Waals surface area (Å²) in [5, 5.41) is 3.38. The van der Waals surface area contributed by atoms with Crippen LogP contribution in [-0.2, 0) is 0 Å². The molecular formula is C17H18ClN3O4. The van der Waals surface area contributed by atoms with Crippen LogP contribution in [0.3, 0.4) is 0 Å². The number of benzene rings is 1. The summed E-state index contributed by atoms with van der Waals surface area (Å²) in [7, 11) is 3.11. The Morgan fingerprint density at radius 2 is 2.04 bits per heavy atom. The van der Waals surface area contributed by atoms with Crippen LogP contribution in [0.1, 0.15) is 0 Å². The number of likely N-dealkylation sites (tertiary alicyclic amines) is 1. The summed E-state index contributed by atoms with van der Waals surface area (Å²) in [5.74, 6) is 1.68. The van der Waals surface area contributed by atoms with E-state index in [1.54, 1.807) is 42.3 Å². The number of nitrogens with zero attached hydrogens (tertiary/aromatic N) is 2. The lowest BCUT2D eigenvalue weighted by Gasteiger charge is -2.38. The highest BCUT2D eigenvalue weighted by Crippen LogP contribution is 2.29. The number of methoxy groups -OCH3 is 2. The van der Waals surface area contributed by atoms with Crippen LogP contribution < -0.4 is 19.5 Å². The largest absolute Gasteiger partial charge is 0.497 e. The maximum absolute atomic E-state index is 12.3. The maximum atomic E-state index is 12.3. The third-order valence-corrected chi connectivity index (χ3v) is 4.00. The van der Waals surface area contributed by atoms with E-state index in [0.29, 0.717) is 41.2 Å². The number of anilines is 1. The summed E-state index contributed by atoms with van der Waals surface area (Å²) in [4.78, 5) is 18.0. The quantitative estimate of drug-likeness (QED) is 0.883. The number of ether oxygens (including phenoxy) is 3. The Labute approximate surface area is 150 Å². The number of urea groups is 1. The second kappa shape index (κ2) is 7.48. The average Bonchev–Trinajstić information content (AvgIpc) is 2.59. The first-order valence-electron chi connectivity index (χ1n) is 7.65. The van der Waals surface area contributed by atoms with Crippen molar-refractivity contribution in [3.05, 3.63) is 41.6 Å². The van der Waals surface area contributed by atoms with Gasteiger partial charge in [-0.2, -0.15) is 0 Å². The van der Waals surface area contributed by atoms with Gasteiger partial charge in [-0.05, 0) is 18.2 Å². The van der Waals surface area contributed by atoms with E-state index in [-0.39, 0.29) is 12.1 Å². The van der Waals surface area contributed by atoms with E-state index < -0.39 is 0 Å². The fourth-order valence-electron chi connectivity index (χ4n) is 2.38. The first kappa shape index (κ1) is 17.2. The SMILES string of the molecule is COc1ccc(NC(=O)N2CC(Oc3ccc(Cl)cn3)C2)c(OC)c1. The minimum Gasteiger partial charge on any atom is -0.497 e. The van der Waals surface area contributed by atoms with Crippen LogP contribution in [0.5, 0.6) is 17.4 Å². The van der Waals surface area contributed by atoms with Crippen LogP contribution >= 0.6 is 11.6 Å². The number of nitrogens with one attached hydrogen (secondary N) is 1. The van der Waals surface area contributed by atoms with Crippen molar-refractivity contribution in [2.24, 2.45) is 0 Å². The van der Waals surface area contributed by atoms with Gasteiger partial charge >= 0.3 is 6.03 Å². The van der Waals surface area contributed by atoms with Crippen molar-refractivity contribution in [1.82, 2.24) is 9.88 Å². The molecule has 2 aromatic rings. The number of rotatable bonds is 5. The summed E-state index contributed by atoms with van der Waals surface area (Å²) >= 11 is 5.78. The molecule has 0 atom stereocenters. The normalized spacial score (nSPS) is 13.8. The van der Waals surface area contributed by atoms with Gasteiger partial charge in [-0.25, -0.2) is 9.78 Å². The average molecular weight is 364 g/mol. The standard InChI is InChI=1S/C17H18ClN3O4/c1-23-12-4-5-14(15(7-12)24-2)20-17(22)21-9-13(10-21)25-16-6-3-11(18)8-19-16/h3-8,13H,9-10H2,1-2H3,(H,20,22). The Hall–Kier alpha value is -2.67. The number of carbonyl (C=O) groups is 1. The van der Waals surface area contributed by atoms with E-state index >= 15 is 0 Å². The van der Waals surface area contributed by atoms with Crippen LogP contribution in [0.15, 0.2) is 36.5 Å². The van der Waals surface area contributed by atoms with Crippen molar-refractivity contribution in [3.8, 4) is 17.4 Å². The molecule has 0 unspecified atom stereocenters. The smallest absolute Gasteiger partial charge is 0.322 e. The van der Waals surface area contributed by atoms with Gasteiger partial charge in [0, 0.05) is 18.3 Å². The Kier molecular flexibility index (Phi) is 5.14. The molecule has 1 aliphatic rings. The van der Waals surface area contributed by atoms with Gasteiger partial charge in [0.05, 0.1) is 38.0 Å². The molecule has 0 bridgehead atoms. The lowest BCUT2D eigenvalue weighted by Crippen LogP contribution is -2.57. The lowest BCUT2D eigenvalue weighted by atomic mass is 10.2. The number of carbonyl (C=O) groups excluding carboxylic acids is 1. The van der Waals surface area contributed by atoms with E-state index in [4.69, 9.17) is 25.8 Å². The number of hydrogen-bond acceptors (Lipinski definition) is 5. The second-order valence-electron chi connectivity index (χ2n) is 5.46. The van der Waals surface area contributed by atoms with Crippen molar-refractivity contribution < 1.29 is 19.0 Å². The molecule has 1 saturated heterocycles. The third-order valence-electron chi connectivity index (χ3n) is 3.77. The molecule has 1 N–H and O–H groups in total. The number of aromatic nitrogens is 1. The van der Waals surface area contributed by atoms with Gasteiger partial charge in [-0.3, -0.25) is 0 Å². The Morgan fingerprint density at radius 3 is 2.68 bits per heavy atom. The number of hydrogen-bond donors (Lipinski definition) is 1. The monoisotopic (exact) mass is 363 g/mol. The van der Waals surface area contributed by atoms with Gasteiger partial charge in [0.1, 0.15) is 17.6 Å². The zero-order chi connectivity index (χ0) is 17.8. The van der Waals surface area contributed by atoms with Crippen molar-refractivity contribution in [3.63, 3.8) is 0 Å². The van der Waals surface area contributed by atoms with E-state index in [2.05, 4.69) is 10.3 Å². The molecule has 3 rings (SSSR count). The molecule has 1 fully saturated rings. The number of halogens is 1. The van der Waals surface area contributed by atoms with Gasteiger partial charge < -0.3 is 24.4 Å². The molecular weight excluding hydrogens is 346 g/mol. The van der Waals surface area contributed by atoms with Gasteiger partial charge in [0.15, 0.2) is 0 Å². The second-order valence-corrected chi connectivity index (χ2v) is 5.89. The van der Waals surface area contributed by atoms with Crippen LogP contribution in [-0.4, -0.2) is 49.3 Å². The molecule has 2 heterocycles. The molecule has 2 amide bonds. The minimum absolute atomic E-state index is 0.0859. The van der Waals surface area contributed by atoms with Crippen molar-refractivity contribution in [1.29, 1.82) is 0 Å². The summed E-state index contributed by atoms with van der Waals surface area (Å²) in [6.45, 7) is 0.962. The van der Waals surface area contributed by atoms with Crippen LogP contribution in [0.25, 0.3) is 0 Å². The summed E-state index contributed by atoms with van der Waals surface area (Å²) in [6, 6.07) is 8.40. The van der Waals surface area contributed by atoms with E-state index in [1.807, 2.05) is 0 Å². The topological polar surface area (TPSA) is 72.9 Å². The van der Waals surface area contributed by atoms with Crippen LogP contribution in [0.4, 0.5) is 10.5 Å². The van der Waals surface area contributed by atoms with Crippen molar-refractivity contribution in [2.75, 3.05) is 32.6 Å². The number of amides is 2. The molecule has 132 valence electrons. The Bertz CT molecular complexity index is 748. The molecule has 0 saturated carbocycles. The first-order valence-corrected chi connectivity index (χ1v) is 8.03. The molecule has 8 heteroatoms. The lowest BCUT2D eigenvalue weighted by molar-refractivity contribution is 0.0461. The fourth-order valence-corrected chi connectivity index (χ4v) is 2.49. The zero-order valence-corrected chi connectivity index (χ0v) is 14.6. The van der Waals surface area contributed by atoms with Gasteiger partial charge in [0.2, 0.25) is 5.88 Å². The maximum Gasteiger partial charge on any atom is 0.322 e. The van der Waals surface area contributed by atoms with E-state index in [0.717, 1.165) is 0 Å². The summed E-state index contributed by atoms with van der Waals surface area (Å²) in [6.07, 6.45) is 1.44. The highest BCUT2D eigenvalue weighted by atomic mass is 35.5. The van der Waals surface area contributed by atoms with Crippen LogP contribution in [0.2, 0.25) is 5.02 Å². The molecule has 7 nitrogen and oxygen atoms in total. The van der Waals surface area contributed by atoms with Gasteiger partial charge in [0.25, 0.3) is 0 Å². The Morgan fingerprint density at radius 1 is 1.24 bits per heavy atom. The molecule has 0 spiro atoms. The summed E-state index contributed by atoms with van der Waals surface area (Å²) in [5.41, 5.74) is 0.581. The van der Waals surface area contributed by atoms with Crippen molar-refractivity contribution >= 4 is 23.3 Å². The number of pyridine rings is 1. The predicted octanol–water partition coefficient (Wildman–Crippen LogP) is 3.05. The van der Waals surface area contributed by atoms with Gasteiger partial charge in [-0.15, -0.1) is 0 Å². The molecule has 0 aliphatic carbocycles. The first-order chi connectivity index (χ1) is 12.1. The zero-order valence-electron chi connectivity index (χ0n) is 13.9. The fraction of sp³-hybridized carbons (Fsp3) is 0.294. The molecule has 1 aromatic carbocycles. The highest BCUT2D eigenvalue weighted by Gasteiger charge is 2.33. The minimum atomic E-state index is -0.215. The van der Waals surface area contributed by atoms with E-state index in [1.165, 1.54) is 13.3 Å². The molecule has 0 radical (unpaired) electrons. The Balaban J connectivity index is 1.53. The third kappa shape index (κ3) is 4.06. The molecule has 1 aliphatic heterocycles. The molecule has 1 aromatic heterocycles.